The number of benzene rings is 1. The Morgan fingerprint density at radius 2 is 1.90 bits per heavy atom. The summed E-state index contributed by atoms with van der Waals surface area (Å²) < 4.78 is 0. The molecule has 1 heterocycles. The van der Waals surface area contributed by atoms with Crippen LogP contribution in [-0.4, -0.2) is 17.5 Å². The van der Waals surface area contributed by atoms with Gasteiger partial charge >= 0.3 is 0 Å². The number of carbonyl (C=O) groups excluding carboxylic acids is 3. The number of piperidine rings is 1. The zero-order valence-corrected chi connectivity index (χ0v) is 11.0. The van der Waals surface area contributed by atoms with E-state index < -0.39 is 5.92 Å². The number of Topliss-reactive ketones (excluding diaryl/α,β-unsaturated/α-hetero) is 2. The fourth-order valence-corrected chi connectivity index (χ4v) is 3.10. The number of carbonyl (C=O) groups is 3. The summed E-state index contributed by atoms with van der Waals surface area (Å²) in [6.45, 7) is 3.81. The number of hydrogen-bond donors (Lipinski definition) is 1. The van der Waals surface area contributed by atoms with Gasteiger partial charge in [-0.05, 0) is 12.0 Å². The van der Waals surface area contributed by atoms with E-state index in [0.29, 0.717) is 24.1 Å². The van der Waals surface area contributed by atoms with Crippen molar-refractivity contribution in [2.45, 2.75) is 19.3 Å². The summed E-state index contributed by atoms with van der Waals surface area (Å²) in [6, 6.07) is 7.22. The topological polar surface area (TPSA) is 63.2 Å². The number of amides is 1. The maximum Gasteiger partial charge on any atom is 0.224 e. The minimum Gasteiger partial charge on any atom is -0.330 e. The Kier molecular flexibility index (Phi) is 3.01. The number of fused-ring (bicyclic) bond motifs is 1. The summed E-state index contributed by atoms with van der Waals surface area (Å²) in [5, 5.41) is 2.65. The van der Waals surface area contributed by atoms with Crippen molar-refractivity contribution < 1.29 is 14.4 Å². The van der Waals surface area contributed by atoms with Gasteiger partial charge in [-0.15, -0.1) is 0 Å². The summed E-state index contributed by atoms with van der Waals surface area (Å²) in [7, 11) is 0. The molecule has 4 heteroatoms. The molecule has 1 aromatic rings. The number of nitrogens with one attached hydrogen (secondary N) is 1. The number of hydrogen-bond acceptors (Lipinski definition) is 3. The van der Waals surface area contributed by atoms with E-state index in [1.54, 1.807) is 12.1 Å². The van der Waals surface area contributed by atoms with E-state index >= 15 is 0 Å². The first-order chi connectivity index (χ1) is 9.58. The second-order valence-electron chi connectivity index (χ2n) is 5.36. The van der Waals surface area contributed by atoms with Crippen LogP contribution < -0.4 is 5.32 Å². The summed E-state index contributed by atoms with van der Waals surface area (Å²) in [6.07, 6.45) is 1.13. The van der Waals surface area contributed by atoms with Gasteiger partial charge in [-0.3, -0.25) is 14.4 Å². The lowest BCUT2D eigenvalue weighted by molar-refractivity contribution is -0.125. The zero-order chi connectivity index (χ0) is 14.3. The fraction of sp³-hybridized carbons (Fsp3) is 0.312. The average molecular weight is 269 g/mol. The molecule has 1 N–H and O–H groups in total. The van der Waals surface area contributed by atoms with Crippen LogP contribution in [-0.2, 0) is 16.0 Å². The molecule has 20 heavy (non-hydrogen) atoms. The Morgan fingerprint density at radius 3 is 2.65 bits per heavy atom. The highest BCUT2D eigenvalue weighted by Gasteiger charge is 2.42. The SMILES string of the molecule is C=C1NC(=O)CCC1C1C(=O)Cc2ccccc2C1=O. The van der Waals surface area contributed by atoms with Crippen molar-refractivity contribution in [3.05, 3.63) is 47.7 Å². The molecule has 0 aromatic heterocycles. The summed E-state index contributed by atoms with van der Waals surface area (Å²) in [4.78, 5) is 36.2. The Hall–Kier alpha value is -2.23. The van der Waals surface area contributed by atoms with E-state index in [-0.39, 0.29) is 29.8 Å². The normalized spacial score (nSPS) is 26.2. The second kappa shape index (κ2) is 4.71. The van der Waals surface area contributed by atoms with E-state index in [1.165, 1.54) is 0 Å². The molecule has 102 valence electrons. The minimum atomic E-state index is -0.696. The third kappa shape index (κ3) is 1.97. The standard InChI is InChI=1S/C16H15NO3/c1-9-11(6-7-14(19)17-9)15-13(18)8-10-4-2-3-5-12(10)16(15)20/h2-5,11,15H,1,6-8H2,(H,17,19). The zero-order valence-electron chi connectivity index (χ0n) is 11.0. The average Bonchev–Trinajstić information content (AvgIpc) is 2.41. The van der Waals surface area contributed by atoms with Crippen LogP contribution in [0.5, 0.6) is 0 Å². The van der Waals surface area contributed by atoms with E-state index in [2.05, 4.69) is 11.9 Å². The molecule has 1 amide bonds. The molecule has 1 aliphatic heterocycles. The molecule has 0 spiro atoms. The number of allylic oxidation sites excluding steroid dienone is 1. The molecule has 0 bridgehead atoms. The summed E-state index contributed by atoms with van der Waals surface area (Å²) >= 11 is 0. The van der Waals surface area contributed by atoms with Crippen molar-refractivity contribution in [1.82, 2.24) is 5.32 Å². The van der Waals surface area contributed by atoms with Crippen molar-refractivity contribution >= 4 is 17.5 Å². The largest absolute Gasteiger partial charge is 0.330 e. The van der Waals surface area contributed by atoms with Gasteiger partial charge in [0.2, 0.25) is 5.91 Å². The fourth-order valence-electron chi connectivity index (χ4n) is 3.10. The molecule has 0 radical (unpaired) electrons. The first-order valence-corrected chi connectivity index (χ1v) is 6.71. The minimum absolute atomic E-state index is 0.0731. The second-order valence-corrected chi connectivity index (χ2v) is 5.36. The van der Waals surface area contributed by atoms with E-state index in [1.807, 2.05) is 12.1 Å². The van der Waals surface area contributed by atoms with Crippen molar-refractivity contribution in [2.24, 2.45) is 11.8 Å². The van der Waals surface area contributed by atoms with Gasteiger partial charge in [-0.25, -0.2) is 0 Å². The predicted octanol–water partition coefficient (Wildman–Crippen LogP) is 1.65. The number of ketones is 2. The lowest BCUT2D eigenvalue weighted by Crippen LogP contribution is -2.43. The van der Waals surface area contributed by atoms with Crippen LogP contribution in [0.2, 0.25) is 0 Å². The molecule has 2 unspecified atom stereocenters. The predicted molar refractivity (Wildman–Crippen MR) is 73.0 cm³/mol. The lowest BCUT2D eigenvalue weighted by Gasteiger charge is -2.33. The maximum atomic E-state index is 12.6. The molecular weight excluding hydrogens is 254 g/mol. The first-order valence-electron chi connectivity index (χ1n) is 6.71. The van der Waals surface area contributed by atoms with Crippen molar-refractivity contribution in [3.8, 4) is 0 Å². The maximum absolute atomic E-state index is 12.6. The van der Waals surface area contributed by atoms with Gasteiger partial charge in [-0.2, -0.15) is 0 Å². The van der Waals surface area contributed by atoms with Crippen molar-refractivity contribution in [1.29, 1.82) is 0 Å². The molecule has 0 saturated carbocycles. The monoisotopic (exact) mass is 269 g/mol. The highest BCUT2D eigenvalue weighted by atomic mass is 16.2. The van der Waals surface area contributed by atoms with Crippen LogP contribution in [0.25, 0.3) is 0 Å². The summed E-state index contributed by atoms with van der Waals surface area (Å²) in [5.74, 6) is -1.28. The molecule has 3 rings (SSSR count). The van der Waals surface area contributed by atoms with Gasteiger partial charge in [0, 0.05) is 30.0 Å². The molecular formula is C16H15NO3. The smallest absolute Gasteiger partial charge is 0.224 e. The van der Waals surface area contributed by atoms with Crippen LogP contribution in [0.1, 0.15) is 28.8 Å². The first kappa shape index (κ1) is 12.8. The quantitative estimate of drug-likeness (QED) is 0.788. The Labute approximate surface area is 116 Å². The highest BCUT2D eigenvalue weighted by Crippen LogP contribution is 2.34. The highest BCUT2D eigenvalue weighted by molar-refractivity contribution is 6.15. The van der Waals surface area contributed by atoms with Gasteiger partial charge in [0.15, 0.2) is 5.78 Å². The third-order valence-electron chi connectivity index (χ3n) is 4.11. The van der Waals surface area contributed by atoms with E-state index in [9.17, 15) is 14.4 Å². The molecule has 1 saturated heterocycles. The molecule has 1 fully saturated rings. The lowest BCUT2D eigenvalue weighted by atomic mass is 9.72. The Morgan fingerprint density at radius 1 is 1.15 bits per heavy atom. The molecule has 4 nitrogen and oxygen atoms in total. The van der Waals surface area contributed by atoms with Gasteiger partial charge in [-0.1, -0.05) is 30.8 Å². The summed E-state index contributed by atoms with van der Waals surface area (Å²) in [5.41, 5.74) is 1.92. The van der Waals surface area contributed by atoms with Crippen molar-refractivity contribution in [3.63, 3.8) is 0 Å². The van der Waals surface area contributed by atoms with Crippen LogP contribution in [0, 0.1) is 11.8 Å². The molecule has 1 aliphatic carbocycles. The van der Waals surface area contributed by atoms with Gasteiger partial charge in [0.1, 0.15) is 5.78 Å². The van der Waals surface area contributed by atoms with Crippen LogP contribution in [0.4, 0.5) is 0 Å². The van der Waals surface area contributed by atoms with Gasteiger partial charge < -0.3 is 5.32 Å². The Balaban J connectivity index is 1.95. The number of rotatable bonds is 1. The van der Waals surface area contributed by atoms with Crippen LogP contribution in [0.15, 0.2) is 36.5 Å². The molecule has 2 atom stereocenters. The van der Waals surface area contributed by atoms with Gasteiger partial charge in [0.05, 0.1) is 5.92 Å². The van der Waals surface area contributed by atoms with Gasteiger partial charge in [0.25, 0.3) is 0 Å². The van der Waals surface area contributed by atoms with E-state index in [0.717, 1.165) is 5.56 Å². The molecule has 1 aromatic carbocycles. The van der Waals surface area contributed by atoms with Crippen molar-refractivity contribution in [2.75, 3.05) is 0 Å². The van der Waals surface area contributed by atoms with Crippen LogP contribution in [0.3, 0.4) is 0 Å². The molecule has 2 aliphatic rings. The third-order valence-corrected chi connectivity index (χ3v) is 4.11. The van der Waals surface area contributed by atoms with Crippen LogP contribution >= 0.6 is 0 Å². The van der Waals surface area contributed by atoms with E-state index in [4.69, 9.17) is 0 Å². The Bertz CT molecular complexity index is 632.